The van der Waals surface area contributed by atoms with Crippen LogP contribution in [0, 0.1) is 30.6 Å². The average molecular weight is 597 g/mol. The molecule has 4 aliphatic rings. The van der Waals surface area contributed by atoms with Gasteiger partial charge < -0.3 is 9.47 Å². The molecule has 0 aliphatic heterocycles. The zero-order valence-corrected chi connectivity index (χ0v) is 28.3. The summed E-state index contributed by atoms with van der Waals surface area (Å²) in [5, 5.41) is 0. The number of hydrogen-bond donors (Lipinski definition) is 0. The summed E-state index contributed by atoms with van der Waals surface area (Å²) in [5.74, 6) is 4.29. The number of carbonyl (C=O) groups excluding carboxylic acids is 2. The number of fused-ring (bicyclic) bond motifs is 1. The molecular formula is C40H52O4. The van der Waals surface area contributed by atoms with E-state index in [0.29, 0.717) is 42.2 Å². The lowest BCUT2D eigenvalue weighted by Gasteiger charge is -2.48. The zero-order chi connectivity index (χ0) is 31.8. The molecule has 4 nitrogen and oxygen atoms in total. The maximum atomic E-state index is 11.7. The number of Topliss-reactive ketones (excluding diaryl/α,β-unsaturated/α-hetero) is 1. The van der Waals surface area contributed by atoms with Gasteiger partial charge in [0, 0.05) is 19.3 Å². The Bertz CT molecular complexity index is 1490. The summed E-state index contributed by atoms with van der Waals surface area (Å²) in [5.41, 5.74) is 9.96. The Balaban J connectivity index is 0.000000175. The molecule has 2 aromatic rings. The van der Waals surface area contributed by atoms with Crippen molar-refractivity contribution in [3.05, 3.63) is 81.4 Å². The van der Waals surface area contributed by atoms with Crippen LogP contribution in [0.2, 0.25) is 0 Å². The largest absolute Gasteiger partial charge is 0.496 e. The van der Waals surface area contributed by atoms with Gasteiger partial charge in [0.1, 0.15) is 17.3 Å². The summed E-state index contributed by atoms with van der Waals surface area (Å²) in [6, 6.07) is 13.2. The molecule has 236 valence electrons. The summed E-state index contributed by atoms with van der Waals surface area (Å²) in [4.78, 5) is 23.5. The highest BCUT2D eigenvalue weighted by molar-refractivity contribution is 5.91. The van der Waals surface area contributed by atoms with E-state index in [-0.39, 0.29) is 10.8 Å². The number of aryl methyl sites for hydroxylation is 2. The van der Waals surface area contributed by atoms with Gasteiger partial charge in [-0.1, -0.05) is 68.7 Å². The van der Waals surface area contributed by atoms with E-state index in [0.717, 1.165) is 56.4 Å². The van der Waals surface area contributed by atoms with Crippen molar-refractivity contribution in [3.63, 3.8) is 0 Å². The Morgan fingerprint density at radius 3 is 1.84 bits per heavy atom. The Morgan fingerprint density at radius 1 is 0.682 bits per heavy atom. The van der Waals surface area contributed by atoms with Gasteiger partial charge in [-0.25, -0.2) is 0 Å². The average Bonchev–Trinajstić information content (AvgIpc) is 2.97. The van der Waals surface area contributed by atoms with Crippen molar-refractivity contribution < 1.29 is 19.1 Å². The molecule has 6 rings (SSSR count). The summed E-state index contributed by atoms with van der Waals surface area (Å²) in [6.07, 6.45) is 10.5. The minimum atomic E-state index is 0.148. The monoisotopic (exact) mass is 596 g/mol. The predicted octanol–water partition coefficient (Wildman–Crippen LogP) is 9.77. The van der Waals surface area contributed by atoms with Gasteiger partial charge in [-0.05, 0) is 121 Å². The second-order valence-corrected chi connectivity index (χ2v) is 14.8. The van der Waals surface area contributed by atoms with Crippen LogP contribution in [-0.2, 0) is 9.59 Å². The summed E-state index contributed by atoms with van der Waals surface area (Å²) in [6.45, 7) is 13.7. The van der Waals surface area contributed by atoms with Gasteiger partial charge in [0.15, 0.2) is 5.78 Å². The molecule has 1 saturated carbocycles. The third-order valence-electron chi connectivity index (χ3n) is 11.5. The highest BCUT2D eigenvalue weighted by Crippen LogP contribution is 2.56. The van der Waals surface area contributed by atoms with Crippen LogP contribution in [0.25, 0.3) is 0 Å². The van der Waals surface area contributed by atoms with Crippen molar-refractivity contribution in [2.75, 3.05) is 14.2 Å². The summed E-state index contributed by atoms with van der Waals surface area (Å²) >= 11 is 0. The summed E-state index contributed by atoms with van der Waals surface area (Å²) in [7, 11) is 3.45. The van der Waals surface area contributed by atoms with Gasteiger partial charge in [-0.3, -0.25) is 9.59 Å². The maximum absolute atomic E-state index is 11.7. The maximum Gasteiger partial charge on any atom is 0.155 e. The van der Waals surface area contributed by atoms with Gasteiger partial charge in [0.2, 0.25) is 0 Å². The van der Waals surface area contributed by atoms with Gasteiger partial charge in [-0.2, -0.15) is 0 Å². The molecule has 0 radical (unpaired) electrons. The van der Waals surface area contributed by atoms with E-state index in [1.165, 1.54) is 33.4 Å². The first-order chi connectivity index (χ1) is 20.9. The van der Waals surface area contributed by atoms with Crippen LogP contribution in [0.1, 0.15) is 120 Å². The molecule has 0 saturated heterocycles. The number of ether oxygens (including phenoxy) is 2. The minimum Gasteiger partial charge on any atom is -0.496 e. The molecule has 0 aromatic heterocycles. The molecule has 4 heteroatoms. The first-order valence-electron chi connectivity index (χ1n) is 16.6. The van der Waals surface area contributed by atoms with Crippen LogP contribution in [0.4, 0.5) is 0 Å². The fourth-order valence-corrected chi connectivity index (χ4v) is 9.07. The SMILES string of the molecule is COc1ccc(C2CCC3=C(CCC(=O)C3)C2(C)C)cc1C.COc1ccc(C2CCC3=CC(=O)CCC3C2(C)C)cc1C. The second-order valence-electron chi connectivity index (χ2n) is 14.8. The van der Waals surface area contributed by atoms with E-state index in [1.807, 2.05) is 6.08 Å². The number of methoxy groups -OCH3 is 2. The minimum absolute atomic E-state index is 0.148. The number of hydrogen-bond acceptors (Lipinski definition) is 4. The van der Waals surface area contributed by atoms with Crippen molar-refractivity contribution in [2.24, 2.45) is 16.7 Å². The van der Waals surface area contributed by atoms with Crippen molar-refractivity contribution in [1.82, 2.24) is 0 Å². The lowest BCUT2D eigenvalue weighted by atomic mass is 9.56. The number of carbonyl (C=O) groups is 2. The second kappa shape index (κ2) is 12.7. The normalized spacial score (nSPS) is 25.6. The zero-order valence-electron chi connectivity index (χ0n) is 28.3. The standard InChI is InChI=1S/2C20H26O2/c2*1-13-11-14(6-10-19(13)22-4)17-8-5-15-12-16(21)7-9-18(15)20(17,2)3/h6,10-11,17H,5,7-9,12H2,1-4H3;6,10-12,17-18H,5,7-9H2,1-4H3. The molecule has 3 atom stereocenters. The van der Waals surface area contributed by atoms with Gasteiger partial charge in [0.25, 0.3) is 0 Å². The van der Waals surface area contributed by atoms with E-state index in [2.05, 4.69) is 77.9 Å². The molecule has 0 spiro atoms. The third-order valence-corrected chi connectivity index (χ3v) is 11.5. The quantitative estimate of drug-likeness (QED) is 0.330. The molecule has 2 aromatic carbocycles. The van der Waals surface area contributed by atoms with E-state index in [1.54, 1.807) is 19.8 Å². The predicted molar refractivity (Wildman–Crippen MR) is 179 cm³/mol. The molecule has 4 aliphatic carbocycles. The number of allylic oxidation sites excluding steroid dienone is 4. The molecular weight excluding hydrogens is 544 g/mol. The first kappa shape index (κ1) is 32.3. The number of benzene rings is 2. The van der Waals surface area contributed by atoms with Gasteiger partial charge in [-0.15, -0.1) is 0 Å². The Labute approximate surface area is 265 Å². The van der Waals surface area contributed by atoms with Gasteiger partial charge in [0.05, 0.1) is 14.2 Å². The van der Waals surface area contributed by atoms with E-state index < -0.39 is 0 Å². The first-order valence-corrected chi connectivity index (χ1v) is 16.6. The highest BCUT2D eigenvalue weighted by Gasteiger charge is 2.44. The van der Waals surface area contributed by atoms with Crippen LogP contribution in [-0.4, -0.2) is 25.8 Å². The smallest absolute Gasteiger partial charge is 0.155 e. The van der Waals surface area contributed by atoms with Crippen LogP contribution in [0.5, 0.6) is 11.5 Å². The van der Waals surface area contributed by atoms with Crippen molar-refractivity contribution in [1.29, 1.82) is 0 Å². The molecule has 0 heterocycles. The van der Waals surface area contributed by atoms with Gasteiger partial charge >= 0.3 is 0 Å². The van der Waals surface area contributed by atoms with Crippen molar-refractivity contribution >= 4 is 11.6 Å². The lowest BCUT2D eigenvalue weighted by Crippen LogP contribution is -2.38. The molecule has 0 N–H and O–H groups in total. The van der Waals surface area contributed by atoms with E-state index in [9.17, 15) is 9.59 Å². The lowest BCUT2D eigenvalue weighted by molar-refractivity contribution is -0.119. The van der Waals surface area contributed by atoms with E-state index in [4.69, 9.17) is 9.47 Å². The fourth-order valence-electron chi connectivity index (χ4n) is 9.07. The molecule has 3 unspecified atom stereocenters. The Kier molecular flexibility index (Phi) is 9.31. The van der Waals surface area contributed by atoms with Crippen molar-refractivity contribution in [3.8, 4) is 11.5 Å². The van der Waals surface area contributed by atoms with Crippen LogP contribution < -0.4 is 9.47 Å². The van der Waals surface area contributed by atoms with Crippen LogP contribution >= 0.6 is 0 Å². The van der Waals surface area contributed by atoms with E-state index >= 15 is 0 Å². The summed E-state index contributed by atoms with van der Waals surface area (Å²) < 4.78 is 10.8. The Hall–Kier alpha value is -3.14. The molecule has 0 amide bonds. The third kappa shape index (κ3) is 6.19. The molecule has 44 heavy (non-hydrogen) atoms. The van der Waals surface area contributed by atoms with Crippen LogP contribution in [0.15, 0.2) is 59.2 Å². The van der Waals surface area contributed by atoms with Crippen LogP contribution in [0.3, 0.4) is 0 Å². The Morgan fingerprint density at radius 2 is 1.25 bits per heavy atom. The highest BCUT2D eigenvalue weighted by atomic mass is 16.5. The molecule has 1 fully saturated rings. The fraction of sp³-hybridized carbons (Fsp3) is 0.550. The molecule has 0 bridgehead atoms. The number of ketones is 2. The topological polar surface area (TPSA) is 52.6 Å². The van der Waals surface area contributed by atoms with Crippen molar-refractivity contribution in [2.45, 2.75) is 111 Å². The number of rotatable bonds is 4.